The van der Waals surface area contributed by atoms with Gasteiger partial charge in [0.25, 0.3) is 0 Å². The average Bonchev–Trinajstić information content (AvgIpc) is 2.76. The van der Waals surface area contributed by atoms with Crippen molar-refractivity contribution in [2.45, 2.75) is 6.29 Å². The summed E-state index contributed by atoms with van der Waals surface area (Å²) in [6.45, 7) is 1.30. The molecule has 16 heavy (non-hydrogen) atoms. The van der Waals surface area contributed by atoms with Crippen LogP contribution >= 0.6 is 47.8 Å². The van der Waals surface area contributed by atoms with Gasteiger partial charge in [-0.3, -0.25) is 0 Å². The molecule has 5 heteroatoms. The highest BCUT2D eigenvalue weighted by Crippen LogP contribution is 2.34. The summed E-state index contributed by atoms with van der Waals surface area (Å²) in [6, 6.07) is 4.05. The van der Waals surface area contributed by atoms with Crippen LogP contribution in [0.4, 0.5) is 0 Å². The van der Waals surface area contributed by atoms with Crippen LogP contribution in [0.2, 0.25) is 0 Å². The van der Waals surface area contributed by atoms with Crippen LogP contribution in [-0.4, -0.2) is 13.2 Å². The lowest BCUT2D eigenvalue weighted by atomic mass is 10.1. The molecule has 1 heterocycles. The Bertz CT molecular complexity index is 412. The quantitative estimate of drug-likeness (QED) is 0.705. The van der Waals surface area contributed by atoms with E-state index in [1.165, 1.54) is 0 Å². The van der Waals surface area contributed by atoms with E-state index < -0.39 is 0 Å². The molecule has 0 saturated carbocycles. The van der Waals surface area contributed by atoms with Crippen molar-refractivity contribution in [3.8, 4) is 0 Å². The Morgan fingerprint density at radius 2 is 1.81 bits per heavy atom. The predicted molar refractivity (Wildman–Crippen MR) is 74.4 cm³/mol. The second kappa shape index (κ2) is 5.78. The predicted octanol–water partition coefficient (Wildman–Crippen LogP) is 4.62. The summed E-state index contributed by atoms with van der Waals surface area (Å²) >= 11 is 10.3. The van der Waals surface area contributed by atoms with Gasteiger partial charge in [-0.05, 0) is 28.8 Å². The van der Waals surface area contributed by atoms with Crippen molar-refractivity contribution in [3.05, 3.63) is 37.2 Å². The average molecular weight is 413 g/mol. The highest BCUT2D eigenvalue weighted by Gasteiger charge is 2.21. The molecule has 0 spiro atoms. The minimum absolute atomic E-state index is 0.257. The molecule has 0 aliphatic carbocycles. The Kier molecular flexibility index (Phi) is 4.61. The molecule has 2 nitrogen and oxygen atoms in total. The number of halogens is 3. The highest BCUT2D eigenvalue weighted by molar-refractivity contribution is 9.11. The van der Waals surface area contributed by atoms with Gasteiger partial charge in [-0.1, -0.05) is 47.8 Å². The largest absolute Gasteiger partial charge is 0.346 e. The van der Waals surface area contributed by atoms with Crippen LogP contribution in [0.25, 0.3) is 6.08 Å². The Hall–Kier alpha value is 0.320. The first-order valence-electron chi connectivity index (χ1n) is 4.71. The summed E-state index contributed by atoms with van der Waals surface area (Å²) in [4.78, 5) is 1.82. The molecule has 0 bridgehead atoms. The van der Waals surface area contributed by atoms with Crippen molar-refractivity contribution in [2.75, 3.05) is 13.2 Å². The molecule has 0 atom stereocenters. The molecule has 0 unspecified atom stereocenters. The van der Waals surface area contributed by atoms with Gasteiger partial charge in [-0.2, -0.15) is 0 Å². The molecule has 1 aliphatic rings. The third kappa shape index (κ3) is 2.76. The minimum atomic E-state index is -0.257. The standard InChI is InChI=1S/C11H9Br3O2/c12-2-1-7-5-10(14)8(6-9(7)13)11-15-3-4-16-11/h1-2,5-6,11H,3-4H2/b2-1-. The summed E-state index contributed by atoms with van der Waals surface area (Å²) in [5, 5.41) is 0. The molecule has 0 radical (unpaired) electrons. The van der Waals surface area contributed by atoms with Crippen molar-refractivity contribution in [1.29, 1.82) is 0 Å². The summed E-state index contributed by atoms with van der Waals surface area (Å²) in [5.41, 5.74) is 2.10. The lowest BCUT2D eigenvalue weighted by molar-refractivity contribution is -0.0446. The molecule has 1 saturated heterocycles. The number of ether oxygens (including phenoxy) is 2. The summed E-state index contributed by atoms with van der Waals surface area (Å²) < 4.78 is 13.0. The van der Waals surface area contributed by atoms with Gasteiger partial charge < -0.3 is 9.47 Å². The van der Waals surface area contributed by atoms with E-state index in [-0.39, 0.29) is 6.29 Å². The van der Waals surface area contributed by atoms with E-state index in [4.69, 9.17) is 9.47 Å². The fraction of sp³-hybridized carbons (Fsp3) is 0.273. The molecular formula is C11H9Br3O2. The SMILES string of the molecule is Br/C=C\c1cc(Br)c(C2OCCO2)cc1Br. The number of rotatable bonds is 2. The molecule has 2 rings (SSSR count). The summed E-state index contributed by atoms with van der Waals surface area (Å²) in [6.07, 6.45) is 1.71. The third-order valence-corrected chi connectivity index (χ3v) is 3.87. The van der Waals surface area contributed by atoms with Gasteiger partial charge in [0.1, 0.15) is 0 Å². The van der Waals surface area contributed by atoms with Crippen molar-refractivity contribution in [3.63, 3.8) is 0 Å². The maximum Gasteiger partial charge on any atom is 0.185 e. The van der Waals surface area contributed by atoms with E-state index in [9.17, 15) is 0 Å². The second-order valence-corrected chi connectivity index (χ2v) is 5.50. The summed E-state index contributed by atoms with van der Waals surface area (Å²) in [7, 11) is 0. The molecular weight excluding hydrogens is 404 g/mol. The molecule has 0 aromatic heterocycles. The van der Waals surface area contributed by atoms with Crippen LogP contribution in [0, 0.1) is 0 Å². The smallest absolute Gasteiger partial charge is 0.185 e. The number of hydrogen-bond donors (Lipinski definition) is 0. The number of benzene rings is 1. The second-order valence-electron chi connectivity index (χ2n) is 3.26. The zero-order chi connectivity index (χ0) is 11.5. The van der Waals surface area contributed by atoms with Gasteiger partial charge in [-0.15, -0.1) is 0 Å². The fourth-order valence-electron chi connectivity index (χ4n) is 1.49. The van der Waals surface area contributed by atoms with Gasteiger partial charge in [-0.25, -0.2) is 0 Å². The molecule has 0 N–H and O–H groups in total. The van der Waals surface area contributed by atoms with Gasteiger partial charge in [0, 0.05) is 14.5 Å². The molecule has 1 aliphatic heterocycles. The van der Waals surface area contributed by atoms with E-state index in [1.54, 1.807) is 0 Å². The van der Waals surface area contributed by atoms with E-state index >= 15 is 0 Å². The zero-order valence-corrected chi connectivity index (χ0v) is 13.0. The summed E-state index contributed by atoms with van der Waals surface area (Å²) in [5.74, 6) is 0. The van der Waals surface area contributed by atoms with Crippen molar-refractivity contribution < 1.29 is 9.47 Å². The third-order valence-electron chi connectivity index (χ3n) is 2.23. The molecule has 1 fully saturated rings. The maximum atomic E-state index is 5.47. The minimum Gasteiger partial charge on any atom is -0.346 e. The molecule has 86 valence electrons. The Morgan fingerprint density at radius 1 is 1.12 bits per heavy atom. The lowest BCUT2D eigenvalue weighted by Gasteiger charge is -2.13. The first-order valence-corrected chi connectivity index (χ1v) is 7.21. The highest BCUT2D eigenvalue weighted by atomic mass is 79.9. The monoisotopic (exact) mass is 410 g/mol. The van der Waals surface area contributed by atoms with Crippen LogP contribution < -0.4 is 0 Å². The Labute approximate surface area is 119 Å². The first-order chi connectivity index (χ1) is 7.72. The zero-order valence-electron chi connectivity index (χ0n) is 8.25. The van der Waals surface area contributed by atoms with Gasteiger partial charge >= 0.3 is 0 Å². The fourth-order valence-corrected chi connectivity index (χ4v) is 2.82. The van der Waals surface area contributed by atoms with E-state index in [0.717, 1.165) is 20.1 Å². The van der Waals surface area contributed by atoms with E-state index in [0.29, 0.717) is 13.2 Å². The molecule has 1 aromatic rings. The van der Waals surface area contributed by atoms with Crippen molar-refractivity contribution in [1.82, 2.24) is 0 Å². The van der Waals surface area contributed by atoms with E-state index in [1.807, 2.05) is 23.2 Å². The number of hydrogen-bond acceptors (Lipinski definition) is 2. The first kappa shape index (κ1) is 12.8. The maximum absolute atomic E-state index is 5.47. The van der Waals surface area contributed by atoms with E-state index in [2.05, 4.69) is 47.8 Å². The van der Waals surface area contributed by atoms with Gasteiger partial charge in [0.2, 0.25) is 0 Å². The van der Waals surface area contributed by atoms with Gasteiger partial charge in [0.15, 0.2) is 6.29 Å². The van der Waals surface area contributed by atoms with Crippen molar-refractivity contribution in [2.24, 2.45) is 0 Å². The lowest BCUT2D eigenvalue weighted by Crippen LogP contribution is -1.99. The topological polar surface area (TPSA) is 18.5 Å². The van der Waals surface area contributed by atoms with Crippen molar-refractivity contribution >= 4 is 53.9 Å². The van der Waals surface area contributed by atoms with Crippen LogP contribution in [0.3, 0.4) is 0 Å². The van der Waals surface area contributed by atoms with Crippen LogP contribution in [0.5, 0.6) is 0 Å². The van der Waals surface area contributed by atoms with Crippen LogP contribution in [0.15, 0.2) is 26.1 Å². The molecule has 1 aromatic carbocycles. The van der Waals surface area contributed by atoms with Crippen LogP contribution in [-0.2, 0) is 9.47 Å². The van der Waals surface area contributed by atoms with Crippen LogP contribution in [0.1, 0.15) is 17.4 Å². The normalized spacial score (nSPS) is 17.4. The Balaban J connectivity index is 2.36. The Morgan fingerprint density at radius 3 is 2.44 bits per heavy atom. The van der Waals surface area contributed by atoms with Gasteiger partial charge in [0.05, 0.1) is 13.2 Å². The molecule has 0 amide bonds.